The van der Waals surface area contributed by atoms with Gasteiger partial charge in [0.2, 0.25) is 5.91 Å². The first-order valence-corrected chi connectivity index (χ1v) is 11.4. The highest BCUT2D eigenvalue weighted by Crippen LogP contribution is 2.26. The zero-order valence-corrected chi connectivity index (χ0v) is 19.7. The summed E-state index contributed by atoms with van der Waals surface area (Å²) in [7, 11) is 1.59. The van der Waals surface area contributed by atoms with E-state index in [1.165, 1.54) is 27.9 Å². The van der Waals surface area contributed by atoms with E-state index in [-0.39, 0.29) is 22.6 Å². The third kappa shape index (κ3) is 5.25. The Hall–Kier alpha value is -3.59. The molecule has 33 heavy (non-hydrogen) atoms. The van der Waals surface area contributed by atoms with Crippen LogP contribution in [0.3, 0.4) is 0 Å². The predicted molar refractivity (Wildman–Crippen MR) is 130 cm³/mol. The van der Waals surface area contributed by atoms with E-state index in [4.69, 9.17) is 4.74 Å². The van der Waals surface area contributed by atoms with Crippen molar-refractivity contribution in [2.24, 2.45) is 0 Å². The maximum absolute atomic E-state index is 12.5. The predicted octanol–water partition coefficient (Wildman–Crippen LogP) is 4.12. The number of nitrogens with zero attached hydrogens (tertiary/aromatic N) is 3. The largest absolute Gasteiger partial charge is 0.497 e. The number of carbonyl (C=O) groups excluding carboxylic acids is 1. The van der Waals surface area contributed by atoms with Crippen molar-refractivity contribution in [1.29, 1.82) is 0 Å². The summed E-state index contributed by atoms with van der Waals surface area (Å²) in [5, 5.41) is 6.01. The van der Waals surface area contributed by atoms with Gasteiger partial charge in [-0.15, -0.1) is 0 Å². The summed E-state index contributed by atoms with van der Waals surface area (Å²) >= 11 is 1.22. The lowest BCUT2D eigenvalue weighted by molar-refractivity contribution is -0.113. The van der Waals surface area contributed by atoms with E-state index in [9.17, 15) is 9.59 Å². The molecule has 0 radical (unpaired) electrons. The van der Waals surface area contributed by atoms with Crippen LogP contribution in [0.15, 0.2) is 64.5 Å². The number of benzene rings is 2. The zero-order chi connectivity index (χ0) is 23.6. The number of thioether (sulfide) groups is 1. The van der Waals surface area contributed by atoms with Crippen LogP contribution in [0.5, 0.6) is 5.75 Å². The molecule has 0 unspecified atom stereocenters. The molecule has 0 saturated heterocycles. The van der Waals surface area contributed by atoms with E-state index in [1.54, 1.807) is 31.4 Å². The van der Waals surface area contributed by atoms with Gasteiger partial charge in [0.15, 0.2) is 16.6 Å². The molecule has 9 heteroatoms. The Morgan fingerprint density at radius 3 is 2.42 bits per heavy atom. The van der Waals surface area contributed by atoms with Crippen molar-refractivity contribution in [3.8, 4) is 17.1 Å². The normalized spacial score (nSPS) is 11.5. The second-order valence-corrected chi connectivity index (χ2v) is 9.48. The molecule has 0 spiro atoms. The molecule has 0 aliphatic carbocycles. The number of aromatic amines is 1. The van der Waals surface area contributed by atoms with Crippen LogP contribution in [-0.4, -0.2) is 38.4 Å². The molecule has 0 saturated carbocycles. The molecule has 0 bridgehead atoms. The fraction of sp³-hybridized carbons (Fsp3) is 0.250. The van der Waals surface area contributed by atoms with Gasteiger partial charge < -0.3 is 10.1 Å². The summed E-state index contributed by atoms with van der Waals surface area (Å²) in [4.78, 5) is 33.6. The Labute approximate surface area is 195 Å². The molecule has 170 valence electrons. The molecule has 2 heterocycles. The lowest BCUT2D eigenvalue weighted by atomic mass is 9.87. The topological polar surface area (TPSA) is 101 Å². The molecule has 4 rings (SSSR count). The highest BCUT2D eigenvalue weighted by molar-refractivity contribution is 7.99. The van der Waals surface area contributed by atoms with E-state index >= 15 is 0 Å². The SMILES string of the molecule is COc1ccc(NC(=O)CSc2nc(-c3ccc(C(C)(C)C)cc3)nc3cc(=O)[nH]n23)cc1. The number of hydrogen-bond donors (Lipinski definition) is 2. The molecule has 2 aromatic carbocycles. The molecule has 2 aromatic heterocycles. The number of ether oxygens (including phenoxy) is 1. The van der Waals surface area contributed by atoms with Gasteiger partial charge in [-0.3, -0.25) is 14.7 Å². The molecule has 0 aliphatic heterocycles. The monoisotopic (exact) mass is 463 g/mol. The Kier molecular flexibility index (Phi) is 6.24. The van der Waals surface area contributed by atoms with Crippen molar-refractivity contribution in [3.05, 3.63) is 70.5 Å². The second-order valence-electron chi connectivity index (χ2n) is 8.54. The minimum absolute atomic E-state index is 0.0373. The van der Waals surface area contributed by atoms with Gasteiger partial charge >= 0.3 is 0 Å². The summed E-state index contributed by atoms with van der Waals surface area (Å²) in [5.74, 6) is 1.13. The molecule has 2 N–H and O–H groups in total. The summed E-state index contributed by atoms with van der Waals surface area (Å²) in [6, 6.07) is 16.6. The molecule has 1 amide bonds. The summed E-state index contributed by atoms with van der Waals surface area (Å²) in [6.07, 6.45) is 0. The van der Waals surface area contributed by atoms with E-state index in [0.29, 0.717) is 28.1 Å². The number of aromatic nitrogens is 4. The summed E-state index contributed by atoms with van der Waals surface area (Å²) in [6.45, 7) is 6.47. The number of methoxy groups -OCH3 is 1. The average Bonchev–Trinajstić information content (AvgIpc) is 3.17. The fourth-order valence-corrected chi connectivity index (χ4v) is 3.98. The number of carbonyl (C=O) groups is 1. The second kappa shape index (κ2) is 9.11. The number of nitrogens with one attached hydrogen (secondary N) is 2. The number of rotatable bonds is 6. The summed E-state index contributed by atoms with van der Waals surface area (Å²) in [5.41, 5.74) is 2.91. The lowest BCUT2D eigenvalue weighted by Gasteiger charge is -2.19. The van der Waals surface area contributed by atoms with Gasteiger partial charge in [0.25, 0.3) is 5.56 Å². The molecule has 4 aromatic rings. The van der Waals surface area contributed by atoms with Crippen molar-refractivity contribution >= 4 is 29.0 Å². The molecular weight excluding hydrogens is 438 g/mol. The standard InChI is InChI=1S/C24H25N5O3S/c1-24(2,3)16-7-5-15(6-8-16)22-26-19-13-20(30)28-29(19)23(27-22)33-14-21(31)25-17-9-11-18(32-4)12-10-17/h5-13H,14H2,1-4H3,(H,25,31)(H,28,30). The van der Waals surface area contributed by atoms with Crippen molar-refractivity contribution in [2.75, 3.05) is 18.2 Å². The van der Waals surface area contributed by atoms with Crippen LogP contribution < -0.4 is 15.6 Å². The van der Waals surface area contributed by atoms with Crippen LogP contribution >= 0.6 is 11.8 Å². The highest BCUT2D eigenvalue weighted by atomic mass is 32.2. The number of anilines is 1. The third-order valence-electron chi connectivity index (χ3n) is 5.04. The minimum atomic E-state index is -0.283. The molecule has 8 nitrogen and oxygen atoms in total. The van der Waals surface area contributed by atoms with Gasteiger partial charge in [0.1, 0.15) is 5.75 Å². The van der Waals surface area contributed by atoms with Gasteiger partial charge in [-0.2, -0.15) is 0 Å². The molecule has 0 atom stereocenters. The van der Waals surface area contributed by atoms with Crippen LogP contribution in [0, 0.1) is 0 Å². The van der Waals surface area contributed by atoms with Crippen LogP contribution in [0.1, 0.15) is 26.3 Å². The smallest absolute Gasteiger partial charge is 0.266 e. The number of fused-ring (bicyclic) bond motifs is 1. The molecular formula is C24H25N5O3S. The van der Waals surface area contributed by atoms with E-state index in [0.717, 1.165) is 5.56 Å². The number of hydrogen-bond acceptors (Lipinski definition) is 6. The third-order valence-corrected chi connectivity index (χ3v) is 5.98. The van der Waals surface area contributed by atoms with Gasteiger partial charge in [-0.05, 0) is 35.2 Å². The van der Waals surface area contributed by atoms with Crippen LogP contribution in [0.2, 0.25) is 0 Å². The first kappa shape index (κ1) is 22.6. The number of amides is 1. The van der Waals surface area contributed by atoms with Gasteiger partial charge in [0, 0.05) is 17.3 Å². The van der Waals surface area contributed by atoms with Crippen LogP contribution in [-0.2, 0) is 10.2 Å². The van der Waals surface area contributed by atoms with Crippen LogP contribution in [0.4, 0.5) is 5.69 Å². The lowest BCUT2D eigenvalue weighted by Crippen LogP contribution is -2.15. The van der Waals surface area contributed by atoms with E-state index < -0.39 is 0 Å². The quantitative estimate of drug-likeness (QED) is 0.417. The Morgan fingerprint density at radius 2 is 1.79 bits per heavy atom. The van der Waals surface area contributed by atoms with Crippen molar-refractivity contribution in [3.63, 3.8) is 0 Å². The summed E-state index contributed by atoms with van der Waals surface area (Å²) < 4.78 is 6.63. The Morgan fingerprint density at radius 1 is 1.09 bits per heavy atom. The molecule has 0 fully saturated rings. The van der Waals surface area contributed by atoms with Crippen molar-refractivity contribution in [2.45, 2.75) is 31.3 Å². The average molecular weight is 464 g/mol. The minimum Gasteiger partial charge on any atom is -0.497 e. The van der Waals surface area contributed by atoms with Gasteiger partial charge in [-0.25, -0.2) is 14.5 Å². The van der Waals surface area contributed by atoms with E-state index in [2.05, 4.69) is 53.3 Å². The Balaban J connectivity index is 1.56. The van der Waals surface area contributed by atoms with Gasteiger partial charge in [-0.1, -0.05) is 56.8 Å². The maximum atomic E-state index is 12.5. The van der Waals surface area contributed by atoms with Crippen LogP contribution in [0.25, 0.3) is 17.0 Å². The fourth-order valence-electron chi connectivity index (χ4n) is 3.23. The maximum Gasteiger partial charge on any atom is 0.266 e. The molecule has 0 aliphatic rings. The van der Waals surface area contributed by atoms with Crippen molar-refractivity contribution in [1.82, 2.24) is 19.6 Å². The Bertz CT molecular complexity index is 1340. The van der Waals surface area contributed by atoms with E-state index in [1.807, 2.05) is 12.1 Å². The van der Waals surface area contributed by atoms with Crippen molar-refractivity contribution < 1.29 is 9.53 Å². The number of H-pyrrole nitrogens is 1. The highest BCUT2D eigenvalue weighted by Gasteiger charge is 2.16. The first-order valence-electron chi connectivity index (χ1n) is 10.4. The van der Waals surface area contributed by atoms with Gasteiger partial charge in [0.05, 0.1) is 12.9 Å². The zero-order valence-electron chi connectivity index (χ0n) is 18.9. The first-order chi connectivity index (χ1) is 15.7.